The second-order valence-corrected chi connectivity index (χ2v) is 8.87. The lowest BCUT2D eigenvalue weighted by molar-refractivity contribution is -0.125. The minimum atomic E-state index is -0.424. The summed E-state index contributed by atoms with van der Waals surface area (Å²) in [5.41, 5.74) is 2.36. The Morgan fingerprint density at radius 3 is 3.00 bits per heavy atom. The number of hydrogen-bond acceptors (Lipinski definition) is 5. The third-order valence-electron chi connectivity index (χ3n) is 5.18. The van der Waals surface area contributed by atoms with Gasteiger partial charge in [0, 0.05) is 17.3 Å². The summed E-state index contributed by atoms with van der Waals surface area (Å²) in [6, 6.07) is 9.71. The van der Waals surface area contributed by atoms with Gasteiger partial charge in [-0.05, 0) is 49.9 Å². The Kier molecular flexibility index (Phi) is 4.82. The number of carbonyl (C=O) groups excluding carboxylic acids is 1. The van der Waals surface area contributed by atoms with Crippen LogP contribution in [0.5, 0.6) is 0 Å². The van der Waals surface area contributed by atoms with Crippen LogP contribution in [0.3, 0.4) is 0 Å². The summed E-state index contributed by atoms with van der Waals surface area (Å²) < 4.78 is 12.9. The smallest absolute Gasteiger partial charge is 0.339 e. The van der Waals surface area contributed by atoms with Crippen molar-refractivity contribution < 1.29 is 14.3 Å². The lowest BCUT2D eigenvalue weighted by atomic mass is 9.82. The number of thiophene rings is 1. The van der Waals surface area contributed by atoms with Gasteiger partial charge >= 0.3 is 5.97 Å². The minimum absolute atomic E-state index is 0.172. The molecule has 1 aromatic carbocycles. The number of halogens is 1. The second-order valence-electron chi connectivity index (χ2n) is 7.18. The van der Waals surface area contributed by atoms with Gasteiger partial charge in [0.2, 0.25) is 0 Å². The Balaban J connectivity index is 1.58. The van der Waals surface area contributed by atoms with Gasteiger partial charge in [-0.1, -0.05) is 29.8 Å². The average Bonchev–Trinajstić information content (AvgIpc) is 2.97. The molecule has 0 saturated carbocycles. The van der Waals surface area contributed by atoms with E-state index in [0.717, 1.165) is 22.7 Å². The second kappa shape index (κ2) is 6.97. The Bertz CT molecular complexity index is 836. The number of fused-ring (bicyclic) bond motifs is 2. The van der Waals surface area contributed by atoms with Gasteiger partial charge < -0.3 is 9.47 Å². The molecule has 2 aromatic rings. The fourth-order valence-electron chi connectivity index (χ4n) is 4.07. The number of rotatable bonds is 2. The van der Waals surface area contributed by atoms with E-state index in [2.05, 4.69) is 12.2 Å². The molecule has 4 rings (SSSR count). The molecular formula is C20H22ClNO3S. The molecule has 0 bridgehead atoms. The molecule has 1 spiro atoms. The molecule has 4 nitrogen and oxygen atoms in total. The molecule has 1 saturated heterocycles. The first-order valence-electron chi connectivity index (χ1n) is 8.92. The largest absolute Gasteiger partial charge is 0.443 e. The van der Waals surface area contributed by atoms with Crippen molar-refractivity contribution in [2.24, 2.45) is 0 Å². The van der Waals surface area contributed by atoms with E-state index < -0.39 is 11.8 Å². The number of aryl methyl sites for hydroxylation is 1. The van der Waals surface area contributed by atoms with E-state index in [0.29, 0.717) is 18.6 Å². The molecule has 0 aliphatic carbocycles. The van der Waals surface area contributed by atoms with Crippen molar-refractivity contribution in [1.29, 1.82) is 0 Å². The molecule has 2 aliphatic heterocycles. The predicted octanol–water partition coefficient (Wildman–Crippen LogP) is 4.43. The number of esters is 1. The zero-order chi connectivity index (χ0) is 18.3. The van der Waals surface area contributed by atoms with Gasteiger partial charge in [0.1, 0.15) is 5.60 Å². The normalized spacial score (nSPS) is 28.0. The lowest BCUT2D eigenvalue weighted by Crippen LogP contribution is -2.54. The van der Waals surface area contributed by atoms with Crippen molar-refractivity contribution >= 4 is 28.9 Å². The molecule has 3 unspecified atom stereocenters. The summed E-state index contributed by atoms with van der Waals surface area (Å²) >= 11 is 7.86. The third kappa shape index (κ3) is 3.29. The summed E-state index contributed by atoms with van der Waals surface area (Å²) in [7, 11) is 0. The van der Waals surface area contributed by atoms with E-state index in [1.54, 1.807) is 17.4 Å². The first-order chi connectivity index (χ1) is 12.5. The summed E-state index contributed by atoms with van der Waals surface area (Å²) in [5.74, 6) is -0.301. The van der Waals surface area contributed by atoms with Gasteiger partial charge in [0.25, 0.3) is 0 Å². The van der Waals surface area contributed by atoms with Crippen molar-refractivity contribution in [1.82, 2.24) is 5.32 Å². The first kappa shape index (κ1) is 18.0. The van der Waals surface area contributed by atoms with Crippen LogP contribution in [0.2, 0.25) is 4.34 Å². The number of piperidine rings is 1. The average molecular weight is 392 g/mol. The number of carbonyl (C=O) groups is 1. The molecule has 1 aromatic heterocycles. The predicted molar refractivity (Wildman–Crippen MR) is 103 cm³/mol. The van der Waals surface area contributed by atoms with Crippen molar-refractivity contribution in [2.75, 3.05) is 6.61 Å². The molecule has 1 N–H and O–H groups in total. The maximum Gasteiger partial charge on any atom is 0.339 e. The van der Waals surface area contributed by atoms with Crippen molar-refractivity contribution in [3.8, 4) is 0 Å². The standard InChI is InChI=1S/C20H22ClNO3S/c1-12-5-3-4-6-15(12)19(23)25-17-11-20(10-13(2)22-17)18-14(7-8-24-20)9-16(21)26-18/h3-6,9,13,17,22H,7-8,10-11H2,1-2H3. The zero-order valence-electron chi connectivity index (χ0n) is 14.9. The lowest BCUT2D eigenvalue weighted by Gasteiger charge is -2.45. The van der Waals surface area contributed by atoms with Gasteiger partial charge in [-0.3, -0.25) is 5.32 Å². The molecule has 0 radical (unpaired) electrons. The van der Waals surface area contributed by atoms with Crippen molar-refractivity contribution in [2.45, 2.75) is 51.0 Å². The quantitative estimate of drug-likeness (QED) is 0.769. The monoisotopic (exact) mass is 391 g/mol. The van der Waals surface area contributed by atoms with Crippen LogP contribution in [0.25, 0.3) is 0 Å². The van der Waals surface area contributed by atoms with E-state index in [1.165, 1.54) is 10.4 Å². The van der Waals surface area contributed by atoms with E-state index >= 15 is 0 Å². The highest BCUT2D eigenvalue weighted by Gasteiger charge is 2.46. The van der Waals surface area contributed by atoms with E-state index in [9.17, 15) is 4.79 Å². The zero-order valence-corrected chi connectivity index (χ0v) is 16.5. The fraction of sp³-hybridized carbons (Fsp3) is 0.450. The van der Waals surface area contributed by atoms with Crippen molar-refractivity contribution in [3.05, 3.63) is 56.2 Å². The topological polar surface area (TPSA) is 47.6 Å². The van der Waals surface area contributed by atoms with E-state index in [4.69, 9.17) is 21.1 Å². The molecule has 26 heavy (non-hydrogen) atoms. The van der Waals surface area contributed by atoms with Crippen LogP contribution in [0, 0.1) is 6.92 Å². The van der Waals surface area contributed by atoms with E-state index in [1.807, 2.05) is 31.2 Å². The molecule has 3 atom stereocenters. The molecule has 6 heteroatoms. The maximum atomic E-state index is 12.6. The Morgan fingerprint density at radius 1 is 1.38 bits per heavy atom. The van der Waals surface area contributed by atoms with Crippen LogP contribution in [0.1, 0.15) is 46.1 Å². The molecule has 0 amide bonds. The van der Waals surface area contributed by atoms with Gasteiger partial charge in [-0.25, -0.2) is 4.79 Å². The first-order valence-corrected chi connectivity index (χ1v) is 10.1. The van der Waals surface area contributed by atoms with Crippen molar-refractivity contribution in [3.63, 3.8) is 0 Å². The molecule has 138 valence electrons. The van der Waals surface area contributed by atoms with Gasteiger partial charge in [0.05, 0.1) is 16.5 Å². The summed E-state index contributed by atoms with van der Waals surface area (Å²) in [6.07, 6.45) is 1.93. The van der Waals surface area contributed by atoms with Crippen LogP contribution in [0.4, 0.5) is 0 Å². The van der Waals surface area contributed by atoms with Crippen LogP contribution < -0.4 is 5.32 Å². The highest BCUT2D eigenvalue weighted by atomic mass is 35.5. The molecule has 2 aliphatic rings. The number of nitrogens with one attached hydrogen (secondary N) is 1. The van der Waals surface area contributed by atoms with Crippen LogP contribution in [-0.2, 0) is 21.5 Å². The fourth-order valence-corrected chi connectivity index (χ4v) is 5.54. The highest BCUT2D eigenvalue weighted by molar-refractivity contribution is 7.16. The SMILES string of the molecule is Cc1ccccc1C(=O)OC1CC2(CC(C)N1)OCCc1cc(Cl)sc12. The number of hydrogen-bond donors (Lipinski definition) is 1. The van der Waals surface area contributed by atoms with Crippen LogP contribution >= 0.6 is 22.9 Å². The van der Waals surface area contributed by atoms with Gasteiger partial charge in [-0.15, -0.1) is 11.3 Å². The van der Waals surface area contributed by atoms with E-state index in [-0.39, 0.29) is 12.0 Å². The summed E-state index contributed by atoms with van der Waals surface area (Å²) in [6.45, 7) is 4.69. The number of benzene rings is 1. The minimum Gasteiger partial charge on any atom is -0.443 e. The molecule has 3 heterocycles. The molecule has 1 fully saturated rings. The van der Waals surface area contributed by atoms with Crippen LogP contribution in [-0.4, -0.2) is 24.8 Å². The number of ether oxygens (including phenoxy) is 2. The highest BCUT2D eigenvalue weighted by Crippen LogP contribution is 2.47. The van der Waals surface area contributed by atoms with Gasteiger partial charge in [-0.2, -0.15) is 0 Å². The Labute approximate surface area is 162 Å². The Hall–Kier alpha value is -1.40. The third-order valence-corrected chi connectivity index (χ3v) is 6.67. The summed E-state index contributed by atoms with van der Waals surface area (Å²) in [5, 5.41) is 3.39. The van der Waals surface area contributed by atoms with Crippen LogP contribution in [0.15, 0.2) is 30.3 Å². The molecular weight excluding hydrogens is 370 g/mol. The summed E-state index contributed by atoms with van der Waals surface area (Å²) in [4.78, 5) is 13.8. The maximum absolute atomic E-state index is 12.6. The van der Waals surface area contributed by atoms with Gasteiger partial charge in [0.15, 0.2) is 6.23 Å². The Morgan fingerprint density at radius 2 is 2.19 bits per heavy atom.